The monoisotopic (exact) mass is 499 g/mol. The molecule has 5 rings (SSSR count). The number of para-hydroxylation sites is 1. The summed E-state index contributed by atoms with van der Waals surface area (Å²) in [4.78, 5) is 18.7. The molecule has 0 spiro atoms. The van der Waals surface area contributed by atoms with E-state index in [9.17, 15) is 22.4 Å². The highest BCUT2D eigenvalue weighted by atomic mass is 19.4. The lowest BCUT2D eigenvalue weighted by Gasteiger charge is -2.44. The Bertz CT molecular complexity index is 1250. The topological polar surface area (TPSA) is 52.6 Å². The summed E-state index contributed by atoms with van der Waals surface area (Å²) in [6.45, 7) is 2.96. The average molecular weight is 500 g/mol. The van der Waals surface area contributed by atoms with Crippen LogP contribution in [0.4, 0.5) is 33.7 Å². The van der Waals surface area contributed by atoms with E-state index < -0.39 is 11.7 Å². The molecular weight excluding hydrogens is 474 g/mol. The predicted molar refractivity (Wildman–Crippen MR) is 127 cm³/mol. The van der Waals surface area contributed by atoms with Crippen molar-refractivity contribution in [2.75, 3.05) is 22.9 Å². The molecule has 3 heterocycles. The number of halogens is 4. The fourth-order valence-corrected chi connectivity index (χ4v) is 5.17. The Kier molecular flexibility index (Phi) is 6.27. The first-order valence-corrected chi connectivity index (χ1v) is 11.8. The number of piperidine rings is 1. The fraction of sp³-hybridized carbons (Fsp3) is 0.346. The number of hydrogen-bond acceptors (Lipinski definition) is 4. The number of amides is 2. The maximum absolute atomic E-state index is 14.5. The number of alkyl halides is 3. The van der Waals surface area contributed by atoms with Gasteiger partial charge in [0.1, 0.15) is 11.5 Å². The molecule has 2 aromatic carbocycles. The Balaban J connectivity index is 1.39. The fourth-order valence-electron chi connectivity index (χ4n) is 5.17. The van der Waals surface area contributed by atoms with Gasteiger partial charge in [0.2, 0.25) is 0 Å². The summed E-state index contributed by atoms with van der Waals surface area (Å²) in [5.74, 6) is -0.277. The second-order valence-electron chi connectivity index (χ2n) is 9.14. The third-order valence-corrected chi connectivity index (χ3v) is 6.92. The van der Waals surface area contributed by atoms with Crippen LogP contribution >= 0.6 is 0 Å². The van der Waals surface area contributed by atoms with Crippen molar-refractivity contribution in [3.63, 3.8) is 0 Å². The van der Waals surface area contributed by atoms with Crippen LogP contribution in [0, 0.1) is 12.7 Å². The van der Waals surface area contributed by atoms with E-state index in [-0.39, 0.29) is 36.5 Å². The summed E-state index contributed by atoms with van der Waals surface area (Å²) in [6.07, 6.45) is -1.91. The highest BCUT2D eigenvalue weighted by Crippen LogP contribution is 2.36. The van der Waals surface area contributed by atoms with E-state index >= 15 is 0 Å². The number of carbonyl (C=O) groups excluding carboxylic acids is 1. The van der Waals surface area contributed by atoms with Gasteiger partial charge in [-0.05, 0) is 49.1 Å². The molecule has 0 bridgehead atoms. The molecule has 0 aliphatic carbocycles. The number of nitrogens with zero attached hydrogens (tertiary/aromatic N) is 5. The summed E-state index contributed by atoms with van der Waals surface area (Å²) < 4.78 is 55.4. The van der Waals surface area contributed by atoms with Crippen molar-refractivity contribution in [3.05, 3.63) is 82.9 Å². The van der Waals surface area contributed by atoms with Crippen molar-refractivity contribution in [2.45, 2.75) is 45.1 Å². The molecule has 0 saturated carbocycles. The standard InChI is InChI=1S/C26H25F4N5O/c1-17-5-4-8-21(27)24(17)33-13-10-19(11-14-33)34-16-22-23(9-12-31-32-22)35(25(34)36)15-18-6-2-3-7-20(18)26(28,29)30/h2-9,12,19H,10-11,13-16H2,1H3. The minimum Gasteiger partial charge on any atom is -0.369 e. The molecule has 6 nitrogen and oxygen atoms in total. The Morgan fingerprint density at radius 3 is 2.50 bits per heavy atom. The summed E-state index contributed by atoms with van der Waals surface area (Å²) >= 11 is 0. The molecule has 2 amide bonds. The molecule has 0 radical (unpaired) electrons. The zero-order chi connectivity index (χ0) is 25.4. The zero-order valence-corrected chi connectivity index (χ0v) is 19.7. The molecule has 0 N–H and O–H groups in total. The Hall–Kier alpha value is -3.69. The van der Waals surface area contributed by atoms with Crippen molar-refractivity contribution >= 4 is 17.4 Å². The lowest BCUT2D eigenvalue weighted by molar-refractivity contribution is -0.138. The lowest BCUT2D eigenvalue weighted by Crippen LogP contribution is -2.54. The molecule has 1 aromatic heterocycles. The van der Waals surface area contributed by atoms with Crippen LogP contribution < -0.4 is 9.80 Å². The average Bonchev–Trinajstić information content (AvgIpc) is 2.86. The van der Waals surface area contributed by atoms with E-state index in [0.29, 0.717) is 43.0 Å². The van der Waals surface area contributed by atoms with Gasteiger partial charge in [0.05, 0.1) is 36.2 Å². The number of hydrogen-bond donors (Lipinski definition) is 0. The van der Waals surface area contributed by atoms with Crippen LogP contribution in [0.1, 0.15) is 35.2 Å². The SMILES string of the molecule is Cc1cccc(F)c1N1CCC(N2Cc3nnccc3N(Cc3ccccc3C(F)(F)F)C2=O)CC1. The lowest BCUT2D eigenvalue weighted by atomic mass is 10.00. The van der Waals surface area contributed by atoms with Gasteiger partial charge in [-0.2, -0.15) is 23.4 Å². The van der Waals surface area contributed by atoms with Crippen molar-refractivity contribution in [1.82, 2.24) is 15.1 Å². The van der Waals surface area contributed by atoms with Crippen molar-refractivity contribution in [3.8, 4) is 0 Å². The molecule has 1 saturated heterocycles. The van der Waals surface area contributed by atoms with E-state index in [1.165, 1.54) is 35.4 Å². The number of aryl methyl sites for hydroxylation is 1. The molecule has 3 aromatic rings. The Morgan fingerprint density at radius 1 is 1.03 bits per heavy atom. The van der Waals surface area contributed by atoms with Gasteiger partial charge in [0.25, 0.3) is 0 Å². The second-order valence-corrected chi connectivity index (χ2v) is 9.14. The molecule has 0 unspecified atom stereocenters. The van der Waals surface area contributed by atoms with Gasteiger partial charge in [0.15, 0.2) is 0 Å². The number of aromatic nitrogens is 2. The smallest absolute Gasteiger partial charge is 0.369 e. The highest BCUT2D eigenvalue weighted by Gasteiger charge is 2.39. The van der Waals surface area contributed by atoms with Gasteiger partial charge < -0.3 is 9.80 Å². The molecule has 2 aliphatic rings. The highest BCUT2D eigenvalue weighted by molar-refractivity contribution is 5.94. The predicted octanol–water partition coefficient (Wildman–Crippen LogP) is 5.55. The summed E-state index contributed by atoms with van der Waals surface area (Å²) in [6, 6.07) is 11.3. The number of benzene rings is 2. The van der Waals surface area contributed by atoms with Crippen molar-refractivity contribution in [1.29, 1.82) is 0 Å². The van der Waals surface area contributed by atoms with Crippen molar-refractivity contribution < 1.29 is 22.4 Å². The largest absolute Gasteiger partial charge is 0.416 e. The molecule has 10 heteroatoms. The molecular formula is C26H25F4N5O. The summed E-state index contributed by atoms with van der Waals surface area (Å²) in [7, 11) is 0. The van der Waals surface area contributed by atoms with Crippen LogP contribution in [-0.4, -0.2) is 40.3 Å². The zero-order valence-electron chi connectivity index (χ0n) is 19.7. The number of urea groups is 1. The molecule has 36 heavy (non-hydrogen) atoms. The van der Waals surface area contributed by atoms with E-state index in [0.717, 1.165) is 11.6 Å². The van der Waals surface area contributed by atoms with Crippen LogP contribution in [0.3, 0.4) is 0 Å². The van der Waals surface area contributed by atoms with Crippen LogP contribution in [0.2, 0.25) is 0 Å². The van der Waals surface area contributed by atoms with E-state index in [1.807, 2.05) is 17.9 Å². The molecule has 1 fully saturated rings. The third-order valence-electron chi connectivity index (χ3n) is 6.92. The number of fused-ring (bicyclic) bond motifs is 1. The quantitative estimate of drug-likeness (QED) is 0.442. The Labute approximate surface area is 206 Å². The molecule has 0 atom stereocenters. The Morgan fingerprint density at radius 2 is 1.78 bits per heavy atom. The number of rotatable bonds is 4. The maximum atomic E-state index is 14.5. The van der Waals surface area contributed by atoms with E-state index in [2.05, 4.69) is 10.2 Å². The maximum Gasteiger partial charge on any atom is 0.416 e. The molecule has 2 aliphatic heterocycles. The first-order valence-electron chi connectivity index (χ1n) is 11.8. The van der Waals surface area contributed by atoms with Gasteiger partial charge in [-0.3, -0.25) is 4.90 Å². The van der Waals surface area contributed by atoms with Gasteiger partial charge in [0, 0.05) is 19.1 Å². The van der Waals surface area contributed by atoms with E-state index in [4.69, 9.17) is 0 Å². The summed E-state index contributed by atoms with van der Waals surface area (Å²) in [5.41, 5.74) is 1.65. The number of carbonyl (C=O) groups is 1. The van der Waals surface area contributed by atoms with Gasteiger partial charge in [-0.25, -0.2) is 9.18 Å². The van der Waals surface area contributed by atoms with Crippen LogP contribution in [0.5, 0.6) is 0 Å². The van der Waals surface area contributed by atoms with Crippen molar-refractivity contribution in [2.24, 2.45) is 0 Å². The van der Waals surface area contributed by atoms with E-state index in [1.54, 1.807) is 17.0 Å². The summed E-state index contributed by atoms with van der Waals surface area (Å²) in [5, 5.41) is 8.11. The van der Waals surface area contributed by atoms with Gasteiger partial charge in [-0.15, -0.1) is 0 Å². The third kappa shape index (κ3) is 4.47. The first-order chi connectivity index (χ1) is 17.2. The van der Waals surface area contributed by atoms with Gasteiger partial charge >= 0.3 is 12.2 Å². The minimum absolute atomic E-state index is 0.00723. The van der Waals surface area contributed by atoms with Crippen LogP contribution in [0.15, 0.2) is 54.7 Å². The minimum atomic E-state index is -4.54. The van der Waals surface area contributed by atoms with Crippen LogP contribution in [-0.2, 0) is 19.3 Å². The second kappa shape index (κ2) is 9.40. The normalized spacial score (nSPS) is 16.9. The number of anilines is 2. The van der Waals surface area contributed by atoms with Crippen LogP contribution in [0.25, 0.3) is 0 Å². The van der Waals surface area contributed by atoms with Gasteiger partial charge in [-0.1, -0.05) is 30.3 Å². The molecule has 188 valence electrons. The first kappa shape index (κ1) is 24.0.